The third-order valence-corrected chi connectivity index (χ3v) is 6.55. The summed E-state index contributed by atoms with van der Waals surface area (Å²) in [6, 6.07) is 8.21. The second-order valence-corrected chi connectivity index (χ2v) is 9.43. The number of aliphatic imine (C=N–C) groups is 1. The summed E-state index contributed by atoms with van der Waals surface area (Å²) in [5, 5.41) is 6.88. The van der Waals surface area contributed by atoms with Crippen molar-refractivity contribution >= 4 is 17.7 Å². The van der Waals surface area contributed by atoms with Crippen LogP contribution in [0, 0.1) is 0 Å². The number of nitrogens with zero attached hydrogens (tertiary/aromatic N) is 2. The van der Waals surface area contributed by atoms with E-state index in [0.717, 1.165) is 50.1 Å². The Labute approximate surface area is 180 Å². The van der Waals surface area contributed by atoms with E-state index in [1.165, 1.54) is 18.6 Å². The lowest BCUT2D eigenvalue weighted by Crippen LogP contribution is -2.43. The molecule has 164 valence electrons. The molecule has 0 saturated carbocycles. The molecule has 0 aliphatic carbocycles. The Hall–Kier alpha value is -1.44. The summed E-state index contributed by atoms with van der Waals surface area (Å²) in [5.41, 5.74) is 1.15. The van der Waals surface area contributed by atoms with E-state index in [4.69, 9.17) is 14.5 Å². The van der Waals surface area contributed by atoms with E-state index < -0.39 is 0 Å². The zero-order valence-electron chi connectivity index (χ0n) is 18.5. The quantitative estimate of drug-likeness (QED) is 0.399. The number of rotatable bonds is 12. The largest absolute Gasteiger partial charge is 0.492 e. The predicted molar refractivity (Wildman–Crippen MR) is 124 cm³/mol. The lowest BCUT2D eigenvalue weighted by molar-refractivity contribution is 0.150. The van der Waals surface area contributed by atoms with Crippen molar-refractivity contribution in [1.82, 2.24) is 15.5 Å². The first-order valence-corrected chi connectivity index (χ1v) is 11.6. The number of thioether (sulfide) groups is 1. The van der Waals surface area contributed by atoms with E-state index >= 15 is 0 Å². The average molecular weight is 423 g/mol. The molecule has 1 heterocycles. The fourth-order valence-corrected chi connectivity index (χ4v) is 4.42. The van der Waals surface area contributed by atoms with Crippen LogP contribution in [0.15, 0.2) is 29.3 Å². The van der Waals surface area contributed by atoms with Crippen LogP contribution in [0.5, 0.6) is 5.75 Å². The lowest BCUT2D eigenvalue weighted by atomic mass is 10.1. The zero-order chi connectivity index (χ0) is 21.0. The van der Waals surface area contributed by atoms with Gasteiger partial charge in [0.2, 0.25) is 0 Å². The molecule has 1 atom stereocenters. The molecule has 1 aliphatic rings. The minimum absolute atomic E-state index is 0.320. The Balaban J connectivity index is 1.83. The number of benzene rings is 1. The second-order valence-electron chi connectivity index (χ2n) is 7.74. The van der Waals surface area contributed by atoms with E-state index in [2.05, 4.69) is 60.3 Å². The Kier molecular flexibility index (Phi) is 10.7. The maximum absolute atomic E-state index is 5.91. The number of ether oxygens (including phenoxy) is 2. The van der Waals surface area contributed by atoms with Crippen molar-refractivity contribution in [2.75, 3.05) is 59.3 Å². The van der Waals surface area contributed by atoms with Gasteiger partial charge in [0.1, 0.15) is 12.4 Å². The number of guanidine groups is 1. The average Bonchev–Trinajstić information content (AvgIpc) is 3.15. The molecular weight excluding hydrogens is 384 g/mol. The van der Waals surface area contributed by atoms with Crippen LogP contribution in [0.3, 0.4) is 0 Å². The van der Waals surface area contributed by atoms with Crippen LogP contribution >= 0.6 is 11.8 Å². The topological polar surface area (TPSA) is 58.1 Å². The summed E-state index contributed by atoms with van der Waals surface area (Å²) in [5.74, 6) is 3.04. The Morgan fingerprint density at radius 1 is 1.28 bits per heavy atom. The van der Waals surface area contributed by atoms with Crippen LogP contribution in [0.25, 0.3) is 0 Å². The number of methoxy groups -OCH3 is 1. The van der Waals surface area contributed by atoms with E-state index in [9.17, 15) is 0 Å². The van der Waals surface area contributed by atoms with Crippen molar-refractivity contribution in [3.05, 3.63) is 29.8 Å². The van der Waals surface area contributed by atoms with Gasteiger partial charge < -0.3 is 25.0 Å². The van der Waals surface area contributed by atoms with E-state index in [-0.39, 0.29) is 0 Å². The van der Waals surface area contributed by atoms with Crippen LogP contribution in [-0.2, 0) is 11.3 Å². The predicted octanol–water partition coefficient (Wildman–Crippen LogP) is 2.98. The molecule has 1 saturated heterocycles. The van der Waals surface area contributed by atoms with Gasteiger partial charge in [0.25, 0.3) is 0 Å². The number of likely N-dealkylation sites (N-methyl/N-ethyl adjacent to an activating group) is 1. The summed E-state index contributed by atoms with van der Waals surface area (Å²) in [6.07, 6.45) is 2.58. The molecule has 0 radical (unpaired) electrons. The van der Waals surface area contributed by atoms with Gasteiger partial charge in [-0.25, -0.2) is 4.99 Å². The van der Waals surface area contributed by atoms with Crippen LogP contribution < -0.4 is 15.4 Å². The first-order valence-electron chi connectivity index (χ1n) is 10.6. The fourth-order valence-electron chi connectivity index (χ4n) is 3.17. The van der Waals surface area contributed by atoms with Gasteiger partial charge in [-0.05, 0) is 57.2 Å². The minimum Gasteiger partial charge on any atom is -0.492 e. The highest BCUT2D eigenvalue weighted by Gasteiger charge is 2.29. The third kappa shape index (κ3) is 9.28. The third-order valence-electron chi connectivity index (χ3n) is 5.01. The molecule has 29 heavy (non-hydrogen) atoms. The molecule has 1 aromatic carbocycles. The van der Waals surface area contributed by atoms with Crippen LogP contribution in [0.2, 0.25) is 0 Å². The molecule has 2 rings (SSSR count). The second kappa shape index (κ2) is 13.0. The summed E-state index contributed by atoms with van der Waals surface area (Å²) in [7, 11) is 3.80. The first-order chi connectivity index (χ1) is 14.0. The van der Waals surface area contributed by atoms with Gasteiger partial charge in [-0.15, -0.1) is 0 Å². The highest BCUT2D eigenvalue weighted by Crippen LogP contribution is 2.36. The van der Waals surface area contributed by atoms with E-state index in [1.54, 1.807) is 7.11 Å². The van der Waals surface area contributed by atoms with Crippen LogP contribution in [0.4, 0.5) is 0 Å². The molecule has 1 fully saturated rings. The van der Waals surface area contributed by atoms with Crippen molar-refractivity contribution in [3.8, 4) is 5.75 Å². The summed E-state index contributed by atoms with van der Waals surface area (Å²) in [6.45, 7) is 10.1. The van der Waals surface area contributed by atoms with Crippen molar-refractivity contribution in [2.24, 2.45) is 4.99 Å². The maximum Gasteiger partial charge on any atom is 0.191 e. The van der Waals surface area contributed by atoms with Crippen LogP contribution in [0.1, 0.15) is 32.3 Å². The Morgan fingerprint density at radius 2 is 2.10 bits per heavy atom. The van der Waals surface area contributed by atoms with Crippen molar-refractivity contribution < 1.29 is 9.47 Å². The standard InChI is InChI=1S/C22H38N4O2S/c1-5-23-21(25-18-22(2)10-7-15-29-22)24-17-19-8-6-9-20(16-19)28-14-12-26(3)11-13-27-4/h6,8-9,16H,5,7,10-15,17-18H2,1-4H3,(H2,23,24,25). The van der Waals surface area contributed by atoms with Crippen LogP contribution in [-0.4, -0.2) is 74.9 Å². The molecule has 0 amide bonds. The monoisotopic (exact) mass is 422 g/mol. The summed E-state index contributed by atoms with van der Waals surface area (Å²) >= 11 is 2.06. The molecule has 0 spiro atoms. The number of nitrogens with one attached hydrogen (secondary N) is 2. The van der Waals surface area contributed by atoms with Gasteiger partial charge >= 0.3 is 0 Å². The van der Waals surface area contributed by atoms with E-state index in [0.29, 0.717) is 17.9 Å². The molecule has 1 aromatic rings. The molecule has 1 aliphatic heterocycles. The fraction of sp³-hybridized carbons (Fsp3) is 0.682. The first kappa shape index (κ1) is 23.8. The SMILES string of the molecule is CCNC(=NCc1cccc(OCCN(C)CCOC)c1)NCC1(C)CCCS1. The molecule has 7 heteroatoms. The number of hydrogen-bond donors (Lipinski definition) is 2. The molecule has 6 nitrogen and oxygen atoms in total. The van der Waals surface area contributed by atoms with Crippen molar-refractivity contribution in [3.63, 3.8) is 0 Å². The number of hydrogen-bond acceptors (Lipinski definition) is 5. The van der Waals surface area contributed by atoms with E-state index in [1.807, 2.05) is 12.1 Å². The molecule has 0 aromatic heterocycles. The molecule has 0 bridgehead atoms. The minimum atomic E-state index is 0.320. The molecular formula is C22H38N4O2S. The zero-order valence-corrected chi connectivity index (χ0v) is 19.3. The Bertz CT molecular complexity index is 621. The van der Waals surface area contributed by atoms with Gasteiger partial charge in [-0.2, -0.15) is 11.8 Å². The van der Waals surface area contributed by atoms with Gasteiger partial charge in [0, 0.05) is 38.0 Å². The van der Waals surface area contributed by atoms with Gasteiger partial charge in [0.05, 0.1) is 13.2 Å². The highest BCUT2D eigenvalue weighted by molar-refractivity contribution is 8.00. The van der Waals surface area contributed by atoms with Gasteiger partial charge in [0.15, 0.2) is 5.96 Å². The van der Waals surface area contributed by atoms with Crippen molar-refractivity contribution in [1.29, 1.82) is 0 Å². The van der Waals surface area contributed by atoms with Gasteiger partial charge in [-0.3, -0.25) is 0 Å². The highest BCUT2D eigenvalue weighted by atomic mass is 32.2. The molecule has 2 N–H and O–H groups in total. The normalized spacial score (nSPS) is 19.6. The summed E-state index contributed by atoms with van der Waals surface area (Å²) < 4.78 is 11.3. The lowest BCUT2D eigenvalue weighted by Gasteiger charge is -2.24. The summed E-state index contributed by atoms with van der Waals surface area (Å²) in [4.78, 5) is 6.97. The molecule has 1 unspecified atom stereocenters. The van der Waals surface area contributed by atoms with Gasteiger partial charge in [-0.1, -0.05) is 12.1 Å². The smallest absolute Gasteiger partial charge is 0.191 e. The maximum atomic E-state index is 5.91. The Morgan fingerprint density at radius 3 is 2.83 bits per heavy atom. The van der Waals surface area contributed by atoms with Crippen molar-refractivity contribution in [2.45, 2.75) is 38.0 Å².